The van der Waals surface area contributed by atoms with Gasteiger partial charge in [-0.05, 0) is 24.8 Å². The summed E-state index contributed by atoms with van der Waals surface area (Å²) in [6.45, 7) is 4.29. The molecule has 0 amide bonds. The molecule has 3 heteroatoms. The van der Waals surface area contributed by atoms with Crippen LogP contribution in [0.25, 0.3) is 0 Å². The van der Waals surface area contributed by atoms with Crippen LogP contribution in [0.3, 0.4) is 0 Å². The van der Waals surface area contributed by atoms with E-state index in [-0.39, 0.29) is 0 Å². The highest BCUT2D eigenvalue weighted by Gasteiger charge is 2.24. The zero-order valence-electron chi connectivity index (χ0n) is 9.52. The molecule has 84 valence electrons. The van der Waals surface area contributed by atoms with Crippen molar-refractivity contribution in [3.05, 3.63) is 18.5 Å². The van der Waals surface area contributed by atoms with Crippen molar-refractivity contribution in [3.8, 4) is 0 Å². The Bertz CT molecular complexity index is 264. The molecule has 1 heterocycles. The fourth-order valence-corrected chi connectivity index (χ4v) is 1.97. The van der Waals surface area contributed by atoms with E-state index in [0.29, 0.717) is 6.04 Å². The van der Waals surface area contributed by atoms with Crippen molar-refractivity contribution in [1.82, 2.24) is 15.1 Å². The highest BCUT2D eigenvalue weighted by atomic mass is 15.3. The van der Waals surface area contributed by atoms with Crippen molar-refractivity contribution in [2.24, 2.45) is 5.92 Å². The molecule has 0 spiro atoms. The minimum atomic E-state index is 0.716. The number of hydrogen-bond donors (Lipinski definition) is 1. The molecule has 1 N–H and O–H groups in total. The number of nitrogens with zero attached hydrogens (tertiary/aromatic N) is 2. The van der Waals surface area contributed by atoms with Gasteiger partial charge >= 0.3 is 0 Å². The molecule has 1 unspecified atom stereocenters. The van der Waals surface area contributed by atoms with E-state index in [9.17, 15) is 0 Å². The van der Waals surface area contributed by atoms with Gasteiger partial charge in [-0.25, -0.2) is 0 Å². The third kappa shape index (κ3) is 3.67. The van der Waals surface area contributed by atoms with Gasteiger partial charge in [0.1, 0.15) is 0 Å². The van der Waals surface area contributed by atoms with E-state index in [1.54, 1.807) is 0 Å². The van der Waals surface area contributed by atoms with Crippen molar-refractivity contribution in [2.45, 2.75) is 45.2 Å². The summed E-state index contributed by atoms with van der Waals surface area (Å²) in [5.41, 5.74) is 0. The van der Waals surface area contributed by atoms with Crippen molar-refractivity contribution < 1.29 is 0 Å². The molecule has 0 aromatic carbocycles. The van der Waals surface area contributed by atoms with Gasteiger partial charge in [-0.1, -0.05) is 19.8 Å². The van der Waals surface area contributed by atoms with Gasteiger partial charge in [0, 0.05) is 25.0 Å². The second kappa shape index (κ2) is 5.31. The highest BCUT2D eigenvalue weighted by molar-refractivity contribution is 4.80. The summed E-state index contributed by atoms with van der Waals surface area (Å²) in [6.07, 6.45) is 9.38. The van der Waals surface area contributed by atoms with Gasteiger partial charge in [0.15, 0.2) is 0 Å². The first kappa shape index (κ1) is 10.7. The van der Waals surface area contributed by atoms with Crippen LogP contribution in [-0.4, -0.2) is 22.4 Å². The van der Waals surface area contributed by atoms with Crippen LogP contribution in [-0.2, 0) is 6.54 Å². The first-order valence-corrected chi connectivity index (χ1v) is 6.09. The number of rotatable bonds is 7. The van der Waals surface area contributed by atoms with Crippen LogP contribution in [0.15, 0.2) is 18.5 Å². The van der Waals surface area contributed by atoms with Crippen LogP contribution in [0, 0.1) is 5.92 Å². The first-order chi connectivity index (χ1) is 7.38. The third-order valence-electron chi connectivity index (χ3n) is 3.14. The molecule has 0 radical (unpaired) electrons. The molecule has 2 rings (SSSR count). The van der Waals surface area contributed by atoms with Gasteiger partial charge in [-0.15, -0.1) is 0 Å². The average Bonchev–Trinajstić information content (AvgIpc) is 2.91. The molecule has 0 aliphatic heterocycles. The van der Waals surface area contributed by atoms with E-state index >= 15 is 0 Å². The molecule has 1 aliphatic carbocycles. The van der Waals surface area contributed by atoms with Gasteiger partial charge < -0.3 is 5.32 Å². The summed E-state index contributed by atoms with van der Waals surface area (Å²) >= 11 is 0. The lowest BCUT2D eigenvalue weighted by molar-refractivity contribution is 0.426. The Labute approximate surface area is 91.9 Å². The molecule has 1 atom stereocenters. The zero-order valence-corrected chi connectivity index (χ0v) is 9.52. The molecule has 3 nitrogen and oxygen atoms in total. The van der Waals surface area contributed by atoms with E-state index in [0.717, 1.165) is 19.0 Å². The van der Waals surface area contributed by atoms with Crippen LogP contribution < -0.4 is 5.32 Å². The summed E-state index contributed by atoms with van der Waals surface area (Å²) in [5, 5.41) is 7.81. The molecule has 1 aromatic heterocycles. The van der Waals surface area contributed by atoms with E-state index in [2.05, 4.69) is 17.3 Å². The normalized spacial score (nSPS) is 17.9. The Balaban J connectivity index is 1.62. The topological polar surface area (TPSA) is 29.9 Å². The summed E-state index contributed by atoms with van der Waals surface area (Å²) in [5.74, 6) is 1.02. The molecular weight excluding hydrogens is 186 g/mol. The maximum absolute atomic E-state index is 4.19. The van der Waals surface area contributed by atoms with Gasteiger partial charge in [-0.2, -0.15) is 5.10 Å². The van der Waals surface area contributed by atoms with Crippen LogP contribution in [0.4, 0.5) is 0 Å². The summed E-state index contributed by atoms with van der Waals surface area (Å²) in [7, 11) is 0. The fraction of sp³-hybridized carbons (Fsp3) is 0.750. The van der Waals surface area contributed by atoms with Crippen molar-refractivity contribution in [1.29, 1.82) is 0 Å². The molecule has 15 heavy (non-hydrogen) atoms. The van der Waals surface area contributed by atoms with Gasteiger partial charge in [0.05, 0.1) is 6.54 Å². The minimum Gasteiger partial charge on any atom is -0.312 e. The van der Waals surface area contributed by atoms with E-state index in [4.69, 9.17) is 0 Å². The SMILES string of the molecule is CCC(CC1CC1)NCCn1cccn1. The second-order valence-electron chi connectivity index (χ2n) is 4.51. The predicted octanol–water partition coefficient (Wildman–Crippen LogP) is 2.05. The number of nitrogens with one attached hydrogen (secondary N) is 1. The Morgan fingerprint density at radius 3 is 3.00 bits per heavy atom. The number of aromatic nitrogens is 2. The lowest BCUT2D eigenvalue weighted by Gasteiger charge is -2.16. The van der Waals surface area contributed by atoms with E-state index < -0.39 is 0 Å². The van der Waals surface area contributed by atoms with Crippen LogP contribution in [0.5, 0.6) is 0 Å². The lowest BCUT2D eigenvalue weighted by atomic mass is 10.1. The Morgan fingerprint density at radius 2 is 2.40 bits per heavy atom. The standard InChI is InChI=1S/C12H21N3/c1-2-12(10-11-4-5-11)13-7-9-15-8-3-6-14-15/h3,6,8,11-13H,2,4-5,7,9-10H2,1H3. The monoisotopic (exact) mass is 207 g/mol. The van der Waals surface area contributed by atoms with Crippen LogP contribution in [0.1, 0.15) is 32.6 Å². The maximum Gasteiger partial charge on any atom is 0.0534 e. The fourth-order valence-electron chi connectivity index (χ4n) is 1.97. The molecule has 1 aromatic rings. The van der Waals surface area contributed by atoms with Crippen molar-refractivity contribution in [2.75, 3.05) is 6.54 Å². The van der Waals surface area contributed by atoms with Gasteiger partial charge in [0.25, 0.3) is 0 Å². The maximum atomic E-state index is 4.19. The quantitative estimate of drug-likeness (QED) is 0.741. The Morgan fingerprint density at radius 1 is 1.53 bits per heavy atom. The van der Waals surface area contributed by atoms with Crippen molar-refractivity contribution in [3.63, 3.8) is 0 Å². The highest BCUT2D eigenvalue weighted by Crippen LogP contribution is 2.33. The largest absolute Gasteiger partial charge is 0.312 e. The number of hydrogen-bond acceptors (Lipinski definition) is 2. The van der Waals surface area contributed by atoms with E-state index in [1.807, 2.05) is 23.1 Å². The summed E-state index contributed by atoms with van der Waals surface area (Å²) in [6, 6.07) is 2.69. The smallest absolute Gasteiger partial charge is 0.0534 e. The summed E-state index contributed by atoms with van der Waals surface area (Å²) in [4.78, 5) is 0. The first-order valence-electron chi connectivity index (χ1n) is 6.09. The van der Waals surface area contributed by atoms with Crippen LogP contribution >= 0.6 is 0 Å². The Kier molecular flexibility index (Phi) is 3.78. The lowest BCUT2D eigenvalue weighted by Crippen LogP contribution is -2.31. The molecule has 0 bridgehead atoms. The third-order valence-corrected chi connectivity index (χ3v) is 3.14. The average molecular weight is 207 g/mol. The molecule has 0 saturated heterocycles. The van der Waals surface area contributed by atoms with Crippen LogP contribution in [0.2, 0.25) is 0 Å². The van der Waals surface area contributed by atoms with E-state index in [1.165, 1.54) is 25.7 Å². The van der Waals surface area contributed by atoms with Gasteiger partial charge in [0.2, 0.25) is 0 Å². The van der Waals surface area contributed by atoms with Gasteiger partial charge in [-0.3, -0.25) is 4.68 Å². The Hall–Kier alpha value is -0.830. The molecule has 1 aliphatic rings. The second-order valence-corrected chi connectivity index (χ2v) is 4.51. The zero-order chi connectivity index (χ0) is 10.5. The summed E-state index contributed by atoms with van der Waals surface area (Å²) < 4.78 is 1.98. The molecular formula is C12H21N3. The molecule has 1 fully saturated rings. The minimum absolute atomic E-state index is 0.716. The molecule has 1 saturated carbocycles. The van der Waals surface area contributed by atoms with Crippen molar-refractivity contribution >= 4 is 0 Å². The predicted molar refractivity (Wildman–Crippen MR) is 61.6 cm³/mol.